The summed E-state index contributed by atoms with van der Waals surface area (Å²) >= 11 is 0. The van der Waals surface area contributed by atoms with Crippen molar-refractivity contribution in [3.8, 4) is 0 Å². The topological polar surface area (TPSA) is 94.0 Å². The fourth-order valence-corrected chi connectivity index (χ4v) is 1.20. The molecular formula is C10H10N4O2. The zero-order chi connectivity index (χ0) is 11.5. The number of nitrogen functional groups attached to an aromatic ring is 1. The van der Waals surface area contributed by atoms with E-state index in [1.165, 1.54) is 12.3 Å². The molecule has 1 amide bonds. The molecule has 6 nitrogen and oxygen atoms in total. The van der Waals surface area contributed by atoms with Crippen LogP contribution in [0.3, 0.4) is 0 Å². The normalized spacial score (nSPS) is 10.1. The van der Waals surface area contributed by atoms with Crippen molar-refractivity contribution in [3.63, 3.8) is 0 Å². The second-order valence-corrected chi connectivity index (χ2v) is 3.25. The second kappa shape index (κ2) is 4.01. The Morgan fingerprint density at radius 2 is 2.31 bits per heavy atom. The predicted molar refractivity (Wildman–Crippen MR) is 57.8 cm³/mol. The summed E-state index contributed by atoms with van der Waals surface area (Å²) in [7, 11) is 0. The lowest BCUT2D eigenvalue weighted by atomic mass is 10.2. The summed E-state index contributed by atoms with van der Waals surface area (Å²) in [5.74, 6) is 0.994. The summed E-state index contributed by atoms with van der Waals surface area (Å²) in [5.41, 5.74) is 5.89. The third-order valence-corrected chi connectivity index (χ3v) is 1.91. The van der Waals surface area contributed by atoms with Crippen LogP contribution in [0.15, 0.2) is 28.9 Å². The zero-order valence-electron chi connectivity index (χ0n) is 8.60. The molecule has 3 N–H and O–H groups in total. The van der Waals surface area contributed by atoms with Gasteiger partial charge in [0.1, 0.15) is 11.6 Å². The minimum atomic E-state index is -0.303. The maximum atomic E-state index is 11.7. The molecule has 82 valence electrons. The first kappa shape index (κ1) is 10.2. The quantitative estimate of drug-likeness (QED) is 0.790. The number of amides is 1. The highest BCUT2D eigenvalue weighted by atomic mass is 16.5. The Labute approximate surface area is 91.5 Å². The Balaban J connectivity index is 2.14. The first-order valence-corrected chi connectivity index (χ1v) is 4.61. The lowest BCUT2D eigenvalue weighted by Crippen LogP contribution is -2.12. The first-order valence-electron chi connectivity index (χ1n) is 4.61. The van der Waals surface area contributed by atoms with Crippen LogP contribution in [0.1, 0.15) is 16.1 Å². The molecule has 0 aliphatic rings. The fourth-order valence-electron chi connectivity index (χ4n) is 1.20. The average molecular weight is 218 g/mol. The monoisotopic (exact) mass is 218 g/mol. The van der Waals surface area contributed by atoms with Gasteiger partial charge in [-0.25, -0.2) is 4.98 Å². The summed E-state index contributed by atoms with van der Waals surface area (Å²) in [5, 5.41) is 6.23. The number of rotatable bonds is 2. The second-order valence-electron chi connectivity index (χ2n) is 3.25. The van der Waals surface area contributed by atoms with Crippen LogP contribution in [-0.4, -0.2) is 16.0 Å². The Hall–Kier alpha value is -2.37. The Morgan fingerprint density at radius 3 is 2.94 bits per heavy atom. The zero-order valence-corrected chi connectivity index (χ0v) is 8.60. The number of carbonyl (C=O) groups excluding carboxylic acids is 1. The van der Waals surface area contributed by atoms with Gasteiger partial charge in [0.05, 0.1) is 0 Å². The molecule has 0 bridgehead atoms. The number of nitrogens with two attached hydrogens (primary N) is 1. The highest BCUT2D eigenvalue weighted by Crippen LogP contribution is 2.10. The van der Waals surface area contributed by atoms with Gasteiger partial charge in [-0.3, -0.25) is 4.79 Å². The van der Waals surface area contributed by atoms with Crippen LogP contribution in [-0.2, 0) is 0 Å². The molecule has 6 heteroatoms. The van der Waals surface area contributed by atoms with Gasteiger partial charge in [-0.2, -0.15) is 0 Å². The molecule has 2 rings (SSSR count). The molecule has 0 saturated carbocycles. The van der Waals surface area contributed by atoms with Crippen molar-refractivity contribution in [1.82, 2.24) is 10.1 Å². The van der Waals surface area contributed by atoms with E-state index in [1.54, 1.807) is 19.1 Å². The molecular weight excluding hydrogens is 208 g/mol. The average Bonchev–Trinajstić information content (AvgIpc) is 2.64. The van der Waals surface area contributed by atoms with E-state index in [1.807, 2.05) is 0 Å². The van der Waals surface area contributed by atoms with Crippen LogP contribution in [0.25, 0.3) is 0 Å². The Bertz CT molecular complexity index is 521. The number of aromatic nitrogens is 2. The third-order valence-electron chi connectivity index (χ3n) is 1.91. The number of pyridine rings is 1. The maximum Gasteiger partial charge on any atom is 0.257 e. The minimum Gasteiger partial charge on any atom is -0.384 e. The number of aryl methyl sites for hydroxylation is 1. The summed E-state index contributed by atoms with van der Waals surface area (Å²) in [6, 6.07) is 4.68. The summed E-state index contributed by atoms with van der Waals surface area (Å²) < 4.78 is 4.82. The number of nitrogens with one attached hydrogen (secondary N) is 1. The van der Waals surface area contributed by atoms with Crippen molar-refractivity contribution in [2.24, 2.45) is 0 Å². The van der Waals surface area contributed by atoms with Crippen LogP contribution in [0.2, 0.25) is 0 Å². The molecule has 0 aliphatic carbocycles. The van der Waals surface area contributed by atoms with Crippen LogP contribution >= 0.6 is 0 Å². The standard InChI is InChI=1S/C10H10N4O2/c1-6-4-9(14-16-6)13-10(15)7-2-3-12-8(11)5-7/h2-5H,1H3,(H2,11,12)(H,13,14,15). The lowest BCUT2D eigenvalue weighted by molar-refractivity contribution is 0.102. The molecule has 0 aromatic carbocycles. The van der Waals surface area contributed by atoms with Crippen LogP contribution in [0.5, 0.6) is 0 Å². The van der Waals surface area contributed by atoms with Crippen molar-refractivity contribution in [3.05, 3.63) is 35.7 Å². The van der Waals surface area contributed by atoms with Gasteiger partial charge >= 0.3 is 0 Å². The SMILES string of the molecule is Cc1cc(NC(=O)c2ccnc(N)c2)no1. The summed E-state index contributed by atoms with van der Waals surface area (Å²) in [6.45, 7) is 1.74. The minimum absolute atomic E-state index is 0.295. The highest BCUT2D eigenvalue weighted by molar-refractivity contribution is 6.04. The van der Waals surface area contributed by atoms with E-state index < -0.39 is 0 Å². The van der Waals surface area contributed by atoms with Gasteiger partial charge < -0.3 is 15.6 Å². The fraction of sp³-hybridized carbons (Fsp3) is 0.100. The maximum absolute atomic E-state index is 11.7. The number of anilines is 2. The number of hydrogen-bond donors (Lipinski definition) is 2. The number of hydrogen-bond acceptors (Lipinski definition) is 5. The van der Waals surface area contributed by atoms with Crippen molar-refractivity contribution < 1.29 is 9.32 Å². The molecule has 0 radical (unpaired) electrons. The molecule has 0 aliphatic heterocycles. The van der Waals surface area contributed by atoms with E-state index in [-0.39, 0.29) is 5.91 Å². The number of nitrogens with zero attached hydrogens (tertiary/aromatic N) is 2. The molecule has 0 fully saturated rings. The van der Waals surface area contributed by atoms with Gasteiger partial charge in [0.25, 0.3) is 5.91 Å². The van der Waals surface area contributed by atoms with Gasteiger partial charge in [-0.1, -0.05) is 5.16 Å². The van der Waals surface area contributed by atoms with Crippen molar-refractivity contribution in [1.29, 1.82) is 0 Å². The third kappa shape index (κ3) is 2.17. The molecule has 0 saturated heterocycles. The molecule has 2 aromatic heterocycles. The van der Waals surface area contributed by atoms with E-state index >= 15 is 0 Å². The van der Waals surface area contributed by atoms with Gasteiger partial charge in [-0.15, -0.1) is 0 Å². The summed E-state index contributed by atoms with van der Waals surface area (Å²) in [4.78, 5) is 15.5. The van der Waals surface area contributed by atoms with E-state index in [0.717, 1.165) is 0 Å². The number of carbonyl (C=O) groups is 1. The van der Waals surface area contributed by atoms with E-state index in [9.17, 15) is 4.79 Å². The predicted octanol–water partition coefficient (Wildman–Crippen LogP) is 1.21. The largest absolute Gasteiger partial charge is 0.384 e. The smallest absolute Gasteiger partial charge is 0.257 e. The van der Waals surface area contributed by atoms with Crippen LogP contribution in [0, 0.1) is 6.92 Å². The molecule has 0 spiro atoms. The highest BCUT2D eigenvalue weighted by Gasteiger charge is 2.08. The first-order chi connectivity index (χ1) is 7.65. The van der Waals surface area contributed by atoms with Crippen molar-refractivity contribution in [2.45, 2.75) is 6.92 Å². The molecule has 0 unspecified atom stereocenters. The van der Waals surface area contributed by atoms with E-state index in [0.29, 0.717) is 23.0 Å². The van der Waals surface area contributed by atoms with Gasteiger partial charge in [-0.05, 0) is 19.1 Å². The van der Waals surface area contributed by atoms with Gasteiger partial charge in [0, 0.05) is 17.8 Å². The van der Waals surface area contributed by atoms with Crippen molar-refractivity contribution >= 4 is 17.5 Å². The van der Waals surface area contributed by atoms with E-state index in [2.05, 4.69) is 15.5 Å². The molecule has 0 atom stereocenters. The van der Waals surface area contributed by atoms with Gasteiger partial charge in [0.15, 0.2) is 5.82 Å². The van der Waals surface area contributed by atoms with Crippen LogP contribution in [0.4, 0.5) is 11.6 Å². The van der Waals surface area contributed by atoms with Gasteiger partial charge in [0.2, 0.25) is 0 Å². The Kier molecular flexibility index (Phi) is 2.55. The van der Waals surface area contributed by atoms with E-state index in [4.69, 9.17) is 10.3 Å². The Morgan fingerprint density at radius 1 is 1.50 bits per heavy atom. The molecule has 2 heterocycles. The molecule has 2 aromatic rings. The van der Waals surface area contributed by atoms with Crippen molar-refractivity contribution in [2.75, 3.05) is 11.1 Å². The molecule has 16 heavy (non-hydrogen) atoms. The lowest BCUT2D eigenvalue weighted by Gasteiger charge is -2.01. The summed E-state index contributed by atoms with van der Waals surface area (Å²) in [6.07, 6.45) is 1.47. The van der Waals surface area contributed by atoms with Crippen LogP contribution < -0.4 is 11.1 Å².